The summed E-state index contributed by atoms with van der Waals surface area (Å²) in [4.78, 5) is 273. The summed E-state index contributed by atoms with van der Waals surface area (Å²) < 4.78 is -1.48. The normalized spacial score (nSPS) is 16.4. The van der Waals surface area contributed by atoms with Crippen molar-refractivity contribution >= 4 is 144 Å². The van der Waals surface area contributed by atoms with Crippen molar-refractivity contribution in [2.45, 2.75) is 227 Å². The van der Waals surface area contributed by atoms with Crippen molar-refractivity contribution in [3.8, 4) is 5.75 Å². The number of nitrogens with two attached hydrogens (primary N) is 5. The summed E-state index contributed by atoms with van der Waals surface area (Å²) in [6, 6.07) is 1.74. The minimum Gasteiger partial charge on any atom is -0.508 e. The molecule has 48 heteroatoms. The number of imidazole rings is 1. The molecule has 2 saturated heterocycles. The molecule has 2 aliphatic heterocycles. The number of H-pyrrole nitrogens is 1. The van der Waals surface area contributed by atoms with Crippen LogP contribution in [0.5, 0.6) is 5.75 Å². The Balaban J connectivity index is 1.10. The molecule has 0 unspecified atom stereocenters. The topological polar surface area (TPSA) is 731 Å². The highest BCUT2D eigenvalue weighted by molar-refractivity contribution is 7.81. The van der Waals surface area contributed by atoms with Crippen molar-refractivity contribution in [3.05, 3.63) is 120 Å². The van der Waals surface area contributed by atoms with Gasteiger partial charge in [0, 0.05) is 74.1 Å². The summed E-state index contributed by atoms with van der Waals surface area (Å²) in [7, 11) is 0. The number of aliphatic carboxylic acids is 1. The van der Waals surface area contributed by atoms with Crippen LogP contribution in [0.4, 0.5) is 0 Å². The number of primary amides is 2. The fraction of sp³-hybridized carbons (Fsp3) is 0.518. The lowest BCUT2D eigenvalue weighted by Crippen LogP contribution is -2.64. The number of aliphatic hydroxyl groups excluding tert-OH is 1. The quantitative estimate of drug-likeness (QED) is 0.00845. The molecule has 133 heavy (non-hydrogen) atoms. The second-order valence-corrected chi connectivity index (χ2v) is 34.7. The zero-order valence-corrected chi connectivity index (χ0v) is 76.3. The number of hydrogen-bond donors (Lipinski definition) is 25. The summed E-state index contributed by atoms with van der Waals surface area (Å²) in [5, 5.41) is 65.7. The number of aromatic hydroxyl groups is 1. The summed E-state index contributed by atoms with van der Waals surface area (Å²) in [6.45, 7) is 6.49. The van der Waals surface area contributed by atoms with E-state index in [4.69, 9.17) is 28.7 Å². The number of phenolic OH excluding ortho intramolecular Hbond substituents is 1. The van der Waals surface area contributed by atoms with Gasteiger partial charge in [-0.25, -0.2) is 9.78 Å². The van der Waals surface area contributed by atoms with Crippen LogP contribution in [0.15, 0.2) is 102 Å². The Bertz CT molecular complexity index is 4760. The van der Waals surface area contributed by atoms with Gasteiger partial charge in [0.1, 0.15) is 84.3 Å². The molecule has 46 nitrogen and oxygen atoms in total. The number of carboxylic acids is 1. The smallest absolute Gasteiger partial charge is 0.326 e. The van der Waals surface area contributed by atoms with Gasteiger partial charge in [-0.15, -0.1) is 0 Å². The van der Waals surface area contributed by atoms with Crippen LogP contribution in [-0.4, -0.2) is 294 Å². The predicted molar refractivity (Wildman–Crippen MR) is 486 cm³/mol. The summed E-state index contributed by atoms with van der Waals surface area (Å²) >= 11 is 8.83. The molecule has 0 aliphatic carbocycles. The third-order valence-corrected chi connectivity index (χ3v) is 21.9. The molecule has 726 valence electrons. The van der Waals surface area contributed by atoms with E-state index in [2.05, 4.69) is 115 Å². The number of aromatic nitrogens is 2. The van der Waals surface area contributed by atoms with Gasteiger partial charge in [0.15, 0.2) is 5.96 Å². The Hall–Kier alpha value is -13.5. The van der Waals surface area contributed by atoms with Gasteiger partial charge in [-0.2, -0.15) is 25.3 Å². The lowest BCUT2D eigenvalue weighted by atomic mass is 9.99. The number of hydrogen-bond acceptors (Lipinski definition) is 26. The standard InChI is InChI=1S/C85H122N24O22S2/c1-44(2)32-54(75(122)104-59(35-49-23-25-51(111)26-24-49)82(129)109-31-14-21-61(109)79(126)105-60(42-132)78(125)103-58(37-64(88)113)73(120)95-41-67(116)108-30-15-22-62(108)83(130)131)100-70(117)45(3)97-65(114)39-93-72(119)55(33-47-16-9-7-10-17-47)101-76(123)57(36-50-38-91-43-96-50)98-66(115)40-94-80(127)68(46(4)110)106-81(128)69(85(5,6)133)107-77(124)56(34-48-18-11-8-12-19-48)102-74(121)53(20-13-29-92-84(89)90)99-71(118)52(86)27-28-63(87)112/h7-12,16-19,23-26,38,43-46,52-62,68-69,110-111,132-133H,13-15,20-22,27-37,39-42,86H2,1-6H3,(H2,87,112)(H2,88,113)(H,91,96)(H,93,119)(H,94,127)(H,95,120)(H,97,114)(H,98,115)(H,99,118)(H,100,117)(H,101,123)(H,102,121)(H,103,125)(H,104,122)(H,105,126)(H,106,128)(H,107,124)(H,130,131)(H4,89,90,92)/t45-,46-,52+,53+,54+,55+,56+,57+,58+,59+,60+,61+,62+,68+,69-/m1/s1. The number of guanidine groups is 1. The number of carboxylic acid groups (broad SMARTS) is 1. The average Bonchev–Trinajstić information content (AvgIpc) is 1.66. The largest absolute Gasteiger partial charge is 0.508 e. The molecule has 0 spiro atoms. The van der Waals surface area contributed by atoms with Gasteiger partial charge in [0.25, 0.3) is 0 Å². The number of nitrogens with zero attached hydrogens (tertiary/aromatic N) is 4. The molecule has 18 amide bonds. The van der Waals surface area contributed by atoms with Crippen molar-refractivity contribution in [2.24, 2.45) is 39.6 Å². The monoisotopic (exact) mass is 1890 g/mol. The first kappa shape index (κ1) is 108. The molecule has 0 radical (unpaired) electrons. The van der Waals surface area contributed by atoms with Gasteiger partial charge < -0.3 is 133 Å². The van der Waals surface area contributed by atoms with Crippen molar-refractivity contribution in [3.63, 3.8) is 0 Å². The van der Waals surface area contributed by atoms with E-state index in [0.29, 0.717) is 28.8 Å². The van der Waals surface area contributed by atoms with Crippen molar-refractivity contribution in [1.29, 1.82) is 0 Å². The second-order valence-electron chi connectivity index (χ2n) is 33.2. The second kappa shape index (κ2) is 53.1. The molecule has 3 aromatic carbocycles. The van der Waals surface area contributed by atoms with Crippen LogP contribution in [-0.2, 0) is 117 Å². The molecule has 2 aliphatic rings. The number of aliphatic hydroxyl groups is 1. The Morgan fingerprint density at radius 1 is 0.526 bits per heavy atom. The van der Waals surface area contributed by atoms with Gasteiger partial charge in [0.2, 0.25) is 106 Å². The van der Waals surface area contributed by atoms with E-state index in [1.165, 1.54) is 62.5 Å². The van der Waals surface area contributed by atoms with Gasteiger partial charge in [-0.3, -0.25) is 91.3 Å². The molecule has 3 heterocycles. The van der Waals surface area contributed by atoms with Crippen molar-refractivity contribution in [1.82, 2.24) is 94.2 Å². The fourth-order valence-electron chi connectivity index (χ4n) is 14.3. The predicted octanol–water partition coefficient (Wildman–Crippen LogP) is -7.26. The number of aromatic amines is 1. The SMILES string of the molecule is CC(C)C[C@H](NC(=O)[C@@H](C)NC(=O)CNC(=O)[C@H](Cc1ccccc1)NC(=O)[C@H](Cc1cnc[nH]1)NC(=O)CNC(=O)[C@@H](NC(=O)[C@@H](NC(=O)[C@H](Cc1ccccc1)NC(=O)[C@H](CCCN=C(N)N)NC(=O)[C@@H](N)CCC(N)=O)C(C)(C)S)[C@@H](C)O)C(=O)N[C@@H](Cc1ccc(O)cc1)C(=O)N1CCC[C@H]1C(=O)N[C@@H](CS)C(=O)N[C@@H](CC(N)=O)C(=O)NCC(=O)N1CCC[C@H]1C(=O)O. The first-order valence-electron chi connectivity index (χ1n) is 43.0. The van der Waals surface area contributed by atoms with Crippen LogP contribution < -0.4 is 103 Å². The maximum absolute atomic E-state index is 14.9. The lowest BCUT2D eigenvalue weighted by molar-refractivity contribution is -0.148. The fourth-order valence-corrected chi connectivity index (χ4v) is 14.7. The number of likely N-dealkylation sites (tertiary alicyclic amines) is 2. The Labute approximate surface area is 777 Å². The van der Waals surface area contributed by atoms with Crippen LogP contribution >= 0.6 is 25.3 Å². The van der Waals surface area contributed by atoms with E-state index in [1.54, 1.807) is 74.5 Å². The van der Waals surface area contributed by atoms with E-state index in [9.17, 15) is 106 Å². The minimum absolute atomic E-state index is 0.0287. The minimum atomic E-state index is -1.85. The maximum atomic E-state index is 14.9. The third kappa shape index (κ3) is 36.3. The van der Waals surface area contributed by atoms with E-state index in [0.717, 1.165) is 11.8 Å². The van der Waals surface area contributed by atoms with Gasteiger partial charge >= 0.3 is 5.97 Å². The number of nitrogens with one attached hydrogen (secondary N) is 15. The van der Waals surface area contributed by atoms with Crippen LogP contribution in [0.1, 0.15) is 128 Å². The number of carbonyl (C=O) groups is 19. The average molecular weight is 1900 g/mol. The molecular formula is C85H122N24O22S2. The summed E-state index contributed by atoms with van der Waals surface area (Å²) in [6.07, 6.45) is -0.237. The maximum Gasteiger partial charge on any atom is 0.326 e. The van der Waals surface area contributed by atoms with Gasteiger partial charge in [0.05, 0.1) is 44.5 Å². The molecule has 28 N–H and O–H groups in total. The van der Waals surface area contributed by atoms with Crippen LogP contribution in [0.3, 0.4) is 0 Å². The molecule has 2 fully saturated rings. The molecule has 0 saturated carbocycles. The van der Waals surface area contributed by atoms with Crippen LogP contribution in [0.25, 0.3) is 0 Å². The van der Waals surface area contributed by atoms with Crippen molar-refractivity contribution in [2.75, 3.05) is 45.0 Å². The Kier molecular flexibility index (Phi) is 43.2. The molecule has 6 rings (SSSR count). The molecule has 1 aromatic heterocycles. The number of thiol groups is 2. The number of benzene rings is 3. The number of rotatable bonds is 53. The zero-order chi connectivity index (χ0) is 98.5. The number of carbonyl (C=O) groups excluding carboxylic acids is 18. The first-order chi connectivity index (χ1) is 62.8. The first-order valence-corrected chi connectivity index (χ1v) is 44.1. The molecule has 0 bridgehead atoms. The Morgan fingerprint density at radius 2 is 1.02 bits per heavy atom. The number of amides is 18. The lowest BCUT2D eigenvalue weighted by Gasteiger charge is -2.33. The summed E-state index contributed by atoms with van der Waals surface area (Å²) in [5.74, 6) is -19.0. The Morgan fingerprint density at radius 3 is 1.58 bits per heavy atom. The highest BCUT2D eigenvalue weighted by Crippen LogP contribution is 2.24. The number of phenols is 1. The van der Waals surface area contributed by atoms with Crippen LogP contribution in [0.2, 0.25) is 0 Å². The van der Waals surface area contributed by atoms with Gasteiger partial charge in [-0.05, 0) is 114 Å². The van der Waals surface area contributed by atoms with Gasteiger partial charge in [-0.1, -0.05) is 86.6 Å². The van der Waals surface area contributed by atoms with E-state index >= 15 is 0 Å². The third-order valence-electron chi connectivity index (χ3n) is 21.3. The van der Waals surface area contributed by atoms with Crippen molar-refractivity contribution < 1.29 is 106 Å². The highest BCUT2D eigenvalue weighted by Gasteiger charge is 2.44. The molecular weight excluding hydrogens is 1770 g/mol. The van der Waals surface area contributed by atoms with E-state index < -0.39 is 234 Å². The highest BCUT2D eigenvalue weighted by atomic mass is 32.1. The summed E-state index contributed by atoms with van der Waals surface area (Å²) in [5.41, 5.74) is 29.4. The zero-order valence-electron chi connectivity index (χ0n) is 74.5. The molecule has 15 atom stereocenters. The van der Waals surface area contributed by atoms with E-state index in [-0.39, 0.29) is 120 Å². The van der Waals surface area contributed by atoms with Crippen LogP contribution in [0, 0.1) is 5.92 Å². The van der Waals surface area contributed by atoms with E-state index in [1.807, 2.05) is 0 Å². The number of aliphatic imine (C=N–C) groups is 1. The molecule has 4 aromatic rings.